The summed E-state index contributed by atoms with van der Waals surface area (Å²) in [4.78, 5) is 24.2. The molecule has 0 heterocycles. The van der Waals surface area contributed by atoms with Gasteiger partial charge in [0.15, 0.2) is 0 Å². The molecule has 2 aromatic carbocycles. The van der Waals surface area contributed by atoms with Gasteiger partial charge in [-0.05, 0) is 48.5 Å². The molecule has 4 heteroatoms. The third-order valence-corrected chi connectivity index (χ3v) is 2.91. The number of Topliss-reactive ketones (excluding diaryl/α,β-unsaturated/α-hetero) is 2. The van der Waals surface area contributed by atoms with Crippen molar-refractivity contribution in [3.8, 4) is 11.5 Å². The highest BCUT2D eigenvalue weighted by atomic mass is 16.5. The molecular weight excluding hydrogens is 268 g/mol. The number of benzene rings is 2. The van der Waals surface area contributed by atoms with Crippen molar-refractivity contribution in [1.29, 1.82) is 0 Å². The lowest BCUT2D eigenvalue weighted by molar-refractivity contribution is 0.0817. The fourth-order valence-corrected chi connectivity index (χ4v) is 1.75. The molecule has 0 unspecified atom stereocenters. The van der Waals surface area contributed by atoms with Crippen molar-refractivity contribution in [2.24, 2.45) is 0 Å². The standard InChI is InChI=1S/C16H14O4.CH4/c1-19-13-7-3-11(4-8-13)15(17)16(18)12-5-9-14(20-2)10-6-12;/h3-10H,1-2H3;1H4. The number of rotatable bonds is 5. The van der Waals surface area contributed by atoms with E-state index in [1.54, 1.807) is 62.8 Å². The van der Waals surface area contributed by atoms with E-state index in [-0.39, 0.29) is 7.43 Å². The summed E-state index contributed by atoms with van der Waals surface area (Å²) in [6, 6.07) is 12.9. The van der Waals surface area contributed by atoms with Crippen LogP contribution in [0.3, 0.4) is 0 Å². The summed E-state index contributed by atoms with van der Waals surface area (Å²) < 4.78 is 10.0. The minimum atomic E-state index is -0.544. The van der Waals surface area contributed by atoms with E-state index < -0.39 is 11.6 Å². The minimum absolute atomic E-state index is 0. The van der Waals surface area contributed by atoms with Gasteiger partial charge in [0.25, 0.3) is 0 Å². The van der Waals surface area contributed by atoms with Crippen molar-refractivity contribution < 1.29 is 19.1 Å². The third kappa shape index (κ3) is 3.69. The van der Waals surface area contributed by atoms with Gasteiger partial charge >= 0.3 is 0 Å². The summed E-state index contributed by atoms with van der Waals surface area (Å²) >= 11 is 0. The van der Waals surface area contributed by atoms with Crippen LogP contribution in [0.15, 0.2) is 48.5 Å². The zero-order valence-corrected chi connectivity index (χ0v) is 11.3. The van der Waals surface area contributed by atoms with Crippen LogP contribution in [0.25, 0.3) is 0 Å². The van der Waals surface area contributed by atoms with Crippen molar-refractivity contribution in [2.75, 3.05) is 14.2 Å². The van der Waals surface area contributed by atoms with E-state index in [1.807, 2.05) is 0 Å². The molecule has 0 amide bonds. The smallest absolute Gasteiger partial charge is 0.233 e. The monoisotopic (exact) mass is 286 g/mol. The summed E-state index contributed by atoms with van der Waals surface area (Å²) in [6.07, 6.45) is 0. The van der Waals surface area contributed by atoms with Crippen LogP contribution in [-0.4, -0.2) is 25.8 Å². The van der Waals surface area contributed by atoms with Crippen LogP contribution in [-0.2, 0) is 0 Å². The summed E-state index contributed by atoms with van der Waals surface area (Å²) in [5.74, 6) is 0.188. The lowest BCUT2D eigenvalue weighted by Crippen LogP contribution is -2.14. The van der Waals surface area contributed by atoms with Crippen molar-refractivity contribution in [3.05, 3.63) is 59.7 Å². The van der Waals surface area contributed by atoms with E-state index in [4.69, 9.17) is 9.47 Å². The van der Waals surface area contributed by atoms with E-state index in [0.717, 1.165) is 0 Å². The van der Waals surface area contributed by atoms with Gasteiger partial charge in [0.2, 0.25) is 11.6 Å². The number of hydrogen-bond acceptors (Lipinski definition) is 4. The zero-order chi connectivity index (χ0) is 14.5. The molecule has 0 bridgehead atoms. The average molecular weight is 286 g/mol. The molecule has 0 radical (unpaired) electrons. The number of methoxy groups -OCH3 is 2. The number of ether oxygens (including phenoxy) is 2. The molecule has 0 atom stereocenters. The van der Waals surface area contributed by atoms with Crippen LogP contribution in [0.1, 0.15) is 28.1 Å². The molecule has 0 aromatic heterocycles. The molecule has 0 saturated carbocycles. The minimum Gasteiger partial charge on any atom is -0.497 e. The van der Waals surface area contributed by atoms with E-state index >= 15 is 0 Å². The summed E-state index contributed by atoms with van der Waals surface area (Å²) in [7, 11) is 3.08. The Bertz CT molecular complexity index is 555. The first-order valence-electron chi connectivity index (χ1n) is 6.03. The molecule has 2 rings (SSSR count). The van der Waals surface area contributed by atoms with E-state index in [2.05, 4.69) is 0 Å². The number of ketones is 2. The zero-order valence-electron chi connectivity index (χ0n) is 11.3. The van der Waals surface area contributed by atoms with Crippen molar-refractivity contribution in [1.82, 2.24) is 0 Å². The largest absolute Gasteiger partial charge is 0.497 e. The van der Waals surface area contributed by atoms with Gasteiger partial charge in [-0.25, -0.2) is 0 Å². The van der Waals surface area contributed by atoms with Gasteiger partial charge < -0.3 is 9.47 Å². The third-order valence-electron chi connectivity index (χ3n) is 2.91. The fraction of sp³-hybridized carbons (Fsp3) is 0.176. The predicted molar refractivity (Wildman–Crippen MR) is 81.4 cm³/mol. The second kappa shape index (κ2) is 7.24. The second-order valence-corrected chi connectivity index (χ2v) is 4.12. The Hall–Kier alpha value is -2.62. The molecule has 4 nitrogen and oxygen atoms in total. The van der Waals surface area contributed by atoms with Crippen molar-refractivity contribution in [2.45, 2.75) is 7.43 Å². The first-order chi connectivity index (χ1) is 9.65. The van der Waals surface area contributed by atoms with E-state index in [9.17, 15) is 9.59 Å². The van der Waals surface area contributed by atoms with Gasteiger partial charge in [0, 0.05) is 11.1 Å². The van der Waals surface area contributed by atoms with Gasteiger partial charge in [0.1, 0.15) is 11.5 Å². The Kier molecular flexibility index (Phi) is 5.67. The molecule has 0 aliphatic carbocycles. The molecular formula is C17H18O4. The van der Waals surface area contributed by atoms with Crippen molar-refractivity contribution >= 4 is 11.6 Å². The van der Waals surface area contributed by atoms with E-state index in [1.165, 1.54) is 0 Å². The topological polar surface area (TPSA) is 52.6 Å². The average Bonchev–Trinajstić information content (AvgIpc) is 2.53. The molecule has 0 N–H and O–H groups in total. The van der Waals surface area contributed by atoms with Crippen LogP contribution in [0.5, 0.6) is 11.5 Å². The number of hydrogen-bond donors (Lipinski definition) is 0. The Morgan fingerprint density at radius 2 is 0.952 bits per heavy atom. The van der Waals surface area contributed by atoms with Crippen LogP contribution >= 0.6 is 0 Å². The summed E-state index contributed by atoms with van der Waals surface area (Å²) in [5.41, 5.74) is 0.679. The van der Waals surface area contributed by atoms with Crippen LogP contribution < -0.4 is 9.47 Å². The highest BCUT2D eigenvalue weighted by molar-refractivity contribution is 6.49. The molecule has 0 aliphatic heterocycles. The fourth-order valence-electron chi connectivity index (χ4n) is 1.75. The number of carbonyl (C=O) groups is 2. The SMILES string of the molecule is C.COc1ccc(C(=O)C(=O)c2ccc(OC)cc2)cc1. The van der Waals surface area contributed by atoms with Gasteiger partial charge in [-0.1, -0.05) is 7.43 Å². The van der Waals surface area contributed by atoms with E-state index in [0.29, 0.717) is 22.6 Å². The van der Waals surface area contributed by atoms with Crippen LogP contribution in [0.2, 0.25) is 0 Å². The Balaban J connectivity index is 0.00000220. The maximum Gasteiger partial charge on any atom is 0.233 e. The van der Waals surface area contributed by atoms with Crippen LogP contribution in [0, 0.1) is 0 Å². The highest BCUT2D eigenvalue weighted by Crippen LogP contribution is 2.16. The molecule has 2 aromatic rings. The number of carbonyl (C=O) groups excluding carboxylic acids is 2. The maximum atomic E-state index is 12.1. The summed E-state index contributed by atoms with van der Waals surface area (Å²) in [5, 5.41) is 0. The van der Waals surface area contributed by atoms with Gasteiger partial charge in [-0.2, -0.15) is 0 Å². The lowest BCUT2D eigenvalue weighted by Gasteiger charge is -2.04. The molecule has 0 fully saturated rings. The van der Waals surface area contributed by atoms with Crippen LogP contribution in [0.4, 0.5) is 0 Å². The molecule has 21 heavy (non-hydrogen) atoms. The van der Waals surface area contributed by atoms with Crippen molar-refractivity contribution in [3.63, 3.8) is 0 Å². The molecule has 0 saturated heterocycles. The molecule has 0 aliphatic rings. The molecule has 110 valence electrons. The Labute approximate surface area is 124 Å². The summed E-state index contributed by atoms with van der Waals surface area (Å²) in [6.45, 7) is 0. The first kappa shape index (κ1) is 16.4. The normalized spacial score (nSPS) is 9.43. The highest BCUT2D eigenvalue weighted by Gasteiger charge is 2.18. The quantitative estimate of drug-likeness (QED) is 0.624. The molecule has 0 spiro atoms. The maximum absolute atomic E-state index is 12.1. The lowest BCUT2D eigenvalue weighted by atomic mass is 10.0. The second-order valence-electron chi connectivity index (χ2n) is 4.12. The first-order valence-corrected chi connectivity index (χ1v) is 6.03. The van der Waals surface area contributed by atoms with Gasteiger partial charge in [-0.15, -0.1) is 0 Å². The van der Waals surface area contributed by atoms with Gasteiger partial charge in [0.05, 0.1) is 14.2 Å². The Morgan fingerprint density at radius 3 is 1.19 bits per heavy atom. The Morgan fingerprint density at radius 1 is 0.667 bits per heavy atom. The van der Waals surface area contributed by atoms with Gasteiger partial charge in [-0.3, -0.25) is 9.59 Å². The predicted octanol–water partition coefficient (Wildman–Crippen LogP) is 3.41.